The first-order valence-corrected chi connectivity index (χ1v) is 4.42. The lowest BCUT2D eigenvalue weighted by Gasteiger charge is -2.02. The highest BCUT2D eigenvalue weighted by Crippen LogP contribution is 2.18. The van der Waals surface area contributed by atoms with E-state index in [1.165, 1.54) is 18.5 Å². The molecular formula is C9H11N3O2. The third kappa shape index (κ3) is 1.82. The van der Waals surface area contributed by atoms with Crippen molar-refractivity contribution in [2.45, 2.75) is 18.5 Å². The predicted octanol–water partition coefficient (Wildman–Crippen LogP) is -0.851. The average Bonchev–Trinajstić information content (AvgIpc) is 2.81. The molecule has 1 aliphatic carbocycles. The molecule has 0 bridgehead atoms. The summed E-state index contributed by atoms with van der Waals surface area (Å²) in [6.45, 7) is 0. The van der Waals surface area contributed by atoms with E-state index in [2.05, 4.69) is 5.32 Å². The van der Waals surface area contributed by atoms with Crippen molar-refractivity contribution in [3.05, 3.63) is 35.3 Å². The van der Waals surface area contributed by atoms with Gasteiger partial charge in [0.2, 0.25) is 0 Å². The van der Waals surface area contributed by atoms with E-state index in [4.69, 9.17) is 5.73 Å². The topological polar surface area (TPSA) is 82.1 Å². The number of carbonyl (C=O) groups is 1. The first-order chi connectivity index (χ1) is 6.66. The summed E-state index contributed by atoms with van der Waals surface area (Å²) in [6, 6.07) is 3.27. The SMILES string of the molecule is NC1CC1NC(=O)c1ccc[n+]([O-])c1. The van der Waals surface area contributed by atoms with Gasteiger partial charge in [-0.3, -0.25) is 4.79 Å². The van der Waals surface area contributed by atoms with E-state index < -0.39 is 0 Å². The summed E-state index contributed by atoms with van der Waals surface area (Å²) < 4.78 is 0.599. The average molecular weight is 193 g/mol. The minimum Gasteiger partial charge on any atom is -0.619 e. The van der Waals surface area contributed by atoms with Crippen LogP contribution in [0.1, 0.15) is 16.8 Å². The minimum absolute atomic E-state index is 0.0713. The van der Waals surface area contributed by atoms with Gasteiger partial charge in [0.15, 0.2) is 12.4 Å². The molecule has 14 heavy (non-hydrogen) atoms. The van der Waals surface area contributed by atoms with Crippen molar-refractivity contribution in [1.29, 1.82) is 0 Å². The number of carbonyl (C=O) groups excluding carboxylic acids is 1. The van der Waals surface area contributed by atoms with E-state index >= 15 is 0 Å². The molecule has 2 rings (SSSR count). The second-order valence-corrected chi connectivity index (χ2v) is 3.43. The Bertz CT molecular complexity index is 367. The zero-order chi connectivity index (χ0) is 10.1. The molecular weight excluding hydrogens is 182 g/mol. The molecule has 1 aromatic rings. The van der Waals surface area contributed by atoms with E-state index in [-0.39, 0.29) is 18.0 Å². The molecule has 0 aromatic carbocycles. The summed E-state index contributed by atoms with van der Waals surface area (Å²) in [6.07, 6.45) is 3.39. The quantitative estimate of drug-likeness (QED) is 0.474. The third-order valence-corrected chi connectivity index (χ3v) is 2.19. The zero-order valence-electron chi connectivity index (χ0n) is 7.51. The summed E-state index contributed by atoms with van der Waals surface area (Å²) in [7, 11) is 0. The Balaban J connectivity index is 2.03. The van der Waals surface area contributed by atoms with E-state index in [0.29, 0.717) is 10.3 Å². The predicted molar refractivity (Wildman–Crippen MR) is 49.2 cm³/mol. The fourth-order valence-corrected chi connectivity index (χ4v) is 1.22. The number of nitrogens with zero attached hydrogens (tertiary/aromatic N) is 1. The number of nitrogens with one attached hydrogen (secondary N) is 1. The second kappa shape index (κ2) is 3.26. The van der Waals surface area contributed by atoms with Crippen molar-refractivity contribution >= 4 is 5.91 Å². The third-order valence-electron chi connectivity index (χ3n) is 2.19. The van der Waals surface area contributed by atoms with Gasteiger partial charge in [-0.15, -0.1) is 0 Å². The molecule has 0 aliphatic heterocycles. The lowest BCUT2D eigenvalue weighted by atomic mass is 10.2. The van der Waals surface area contributed by atoms with Crippen LogP contribution in [0.4, 0.5) is 0 Å². The molecule has 3 N–H and O–H groups in total. The van der Waals surface area contributed by atoms with Gasteiger partial charge in [0, 0.05) is 18.2 Å². The Morgan fingerprint density at radius 1 is 1.71 bits per heavy atom. The van der Waals surface area contributed by atoms with Crippen LogP contribution in [0.3, 0.4) is 0 Å². The Hall–Kier alpha value is -1.62. The van der Waals surface area contributed by atoms with Crippen LogP contribution in [0.15, 0.2) is 24.5 Å². The van der Waals surface area contributed by atoms with Crippen LogP contribution in [0.5, 0.6) is 0 Å². The minimum atomic E-state index is -0.242. The first-order valence-electron chi connectivity index (χ1n) is 4.42. The summed E-state index contributed by atoms with van der Waals surface area (Å²) in [5, 5.41) is 13.6. The number of amides is 1. The Morgan fingerprint density at radius 2 is 2.43 bits per heavy atom. The maximum atomic E-state index is 11.5. The molecule has 1 amide bonds. The fourth-order valence-electron chi connectivity index (χ4n) is 1.22. The Morgan fingerprint density at radius 3 is 3.00 bits per heavy atom. The van der Waals surface area contributed by atoms with Gasteiger partial charge < -0.3 is 16.3 Å². The zero-order valence-corrected chi connectivity index (χ0v) is 7.51. The van der Waals surface area contributed by atoms with Crippen LogP contribution in [-0.4, -0.2) is 18.0 Å². The Labute approximate surface area is 81.1 Å². The van der Waals surface area contributed by atoms with Crippen molar-refractivity contribution in [1.82, 2.24) is 5.32 Å². The maximum absolute atomic E-state index is 11.5. The van der Waals surface area contributed by atoms with Crippen LogP contribution in [0.25, 0.3) is 0 Å². The number of pyridine rings is 1. The van der Waals surface area contributed by atoms with Gasteiger partial charge in [0.1, 0.15) is 5.56 Å². The van der Waals surface area contributed by atoms with Gasteiger partial charge >= 0.3 is 0 Å². The molecule has 0 radical (unpaired) electrons. The molecule has 5 nitrogen and oxygen atoms in total. The van der Waals surface area contributed by atoms with Crippen molar-refractivity contribution in [3.63, 3.8) is 0 Å². The normalized spacial score (nSPS) is 24.4. The van der Waals surface area contributed by atoms with E-state index in [1.54, 1.807) is 6.07 Å². The number of nitrogens with two attached hydrogens (primary N) is 1. The van der Waals surface area contributed by atoms with E-state index in [9.17, 15) is 10.0 Å². The van der Waals surface area contributed by atoms with Gasteiger partial charge in [-0.05, 0) is 12.5 Å². The summed E-state index contributed by atoms with van der Waals surface area (Å²) >= 11 is 0. The monoisotopic (exact) mass is 193 g/mol. The highest BCUT2D eigenvalue weighted by Gasteiger charge is 2.35. The lowest BCUT2D eigenvalue weighted by molar-refractivity contribution is -0.605. The molecule has 0 spiro atoms. The molecule has 1 saturated carbocycles. The summed E-state index contributed by atoms with van der Waals surface area (Å²) in [4.78, 5) is 11.5. The van der Waals surface area contributed by atoms with Crippen molar-refractivity contribution in [2.24, 2.45) is 5.73 Å². The number of rotatable bonds is 2. The smallest absolute Gasteiger partial charge is 0.257 e. The van der Waals surface area contributed by atoms with Gasteiger partial charge in [0.05, 0.1) is 0 Å². The fraction of sp³-hybridized carbons (Fsp3) is 0.333. The molecule has 1 aromatic heterocycles. The van der Waals surface area contributed by atoms with Crippen LogP contribution in [0.2, 0.25) is 0 Å². The van der Waals surface area contributed by atoms with Gasteiger partial charge in [-0.1, -0.05) is 0 Å². The highest BCUT2D eigenvalue weighted by molar-refractivity contribution is 5.94. The first kappa shape index (κ1) is 8.96. The van der Waals surface area contributed by atoms with Crippen LogP contribution < -0.4 is 15.8 Å². The molecule has 2 unspecified atom stereocenters. The molecule has 1 fully saturated rings. The van der Waals surface area contributed by atoms with Crippen molar-refractivity contribution < 1.29 is 9.52 Å². The number of hydrogen-bond donors (Lipinski definition) is 2. The van der Waals surface area contributed by atoms with Crippen LogP contribution >= 0.6 is 0 Å². The van der Waals surface area contributed by atoms with Gasteiger partial charge in [-0.25, -0.2) is 0 Å². The maximum Gasteiger partial charge on any atom is 0.257 e. The lowest BCUT2D eigenvalue weighted by Crippen LogP contribution is -2.32. The summed E-state index contributed by atoms with van der Waals surface area (Å²) in [5.74, 6) is -0.242. The van der Waals surface area contributed by atoms with Crippen molar-refractivity contribution in [3.8, 4) is 0 Å². The molecule has 1 heterocycles. The van der Waals surface area contributed by atoms with Gasteiger partial charge in [0.25, 0.3) is 5.91 Å². The standard InChI is InChI=1S/C9H11N3O2/c10-7-4-8(7)11-9(13)6-2-1-3-12(14)5-6/h1-3,5,7-8H,4,10H2,(H,11,13). The molecule has 1 aliphatic rings. The second-order valence-electron chi connectivity index (χ2n) is 3.43. The van der Waals surface area contributed by atoms with Crippen LogP contribution in [-0.2, 0) is 0 Å². The molecule has 2 atom stereocenters. The highest BCUT2D eigenvalue weighted by atomic mass is 16.5. The number of aromatic nitrogens is 1. The Kier molecular flexibility index (Phi) is 2.09. The van der Waals surface area contributed by atoms with Gasteiger partial charge in [-0.2, -0.15) is 4.73 Å². The molecule has 74 valence electrons. The van der Waals surface area contributed by atoms with E-state index in [0.717, 1.165) is 6.42 Å². The van der Waals surface area contributed by atoms with Crippen molar-refractivity contribution in [2.75, 3.05) is 0 Å². The molecule has 5 heteroatoms. The molecule has 0 saturated heterocycles. The van der Waals surface area contributed by atoms with Crippen LogP contribution in [0, 0.1) is 5.21 Å². The largest absolute Gasteiger partial charge is 0.619 e. The number of hydrogen-bond acceptors (Lipinski definition) is 3. The van der Waals surface area contributed by atoms with E-state index in [1.807, 2.05) is 0 Å². The summed E-state index contributed by atoms with van der Waals surface area (Å²) in [5.41, 5.74) is 5.90.